The van der Waals surface area contributed by atoms with E-state index in [1.54, 1.807) is 0 Å². The van der Waals surface area contributed by atoms with Crippen molar-refractivity contribution in [3.05, 3.63) is 24.0 Å². The van der Waals surface area contributed by atoms with Gasteiger partial charge in [0.05, 0.1) is 5.57 Å². The van der Waals surface area contributed by atoms with Crippen molar-refractivity contribution in [2.45, 2.75) is 20.3 Å². The minimum atomic E-state index is -1.19. The highest BCUT2D eigenvalue weighted by atomic mass is 16.6. The zero-order valence-electron chi connectivity index (χ0n) is 9.69. The highest BCUT2D eigenvalue weighted by Crippen LogP contribution is 2.11. The maximum atomic E-state index is 11.2. The molecule has 0 aliphatic heterocycles. The summed E-state index contributed by atoms with van der Waals surface area (Å²) in [5, 5.41) is 8.74. The Balaban J connectivity index is 4.61. The molecule has 17 heavy (non-hydrogen) atoms. The first-order chi connectivity index (χ1) is 7.88. The molecular weight excluding hydrogens is 228 g/mol. The number of rotatable bonds is 6. The second-order valence-corrected chi connectivity index (χ2v) is 3.10. The highest BCUT2D eigenvalue weighted by molar-refractivity contribution is 5.87. The summed E-state index contributed by atoms with van der Waals surface area (Å²) in [6.45, 7) is 5.32. The van der Waals surface area contributed by atoms with Gasteiger partial charge in [0.2, 0.25) is 0 Å². The van der Waals surface area contributed by atoms with Crippen LogP contribution in [0.5, 0.6) is 0 Å². The largest absolute Gasteiger partial charge is 0.478 e. The van der Waals surface area contributed by atoms with Crippen LogP contribution < -0.4 is 0 Å². The first-order valence-electron chi connectivity index (χ1n) is 4.76. The van der Waals surface area contributed by atoms with Crippen molar-refractivity contribution in [2.75, 3.05) is 6.61 Å². The first kappa shape index (κ1) is 14.9. The van der Waals surface area contributed by atoms with Crippen molar-refractivity contribution in [1.82, 2.24) is 0 Å². The summed E-state index contributed by atoms with van der Waals surface area (Å²) in [5.41, 5.74) is -0.0962. The molecule has 0 unspecified atom stereocenters. The monoisotopic (exact) mass is 242 g/mol. The summed E-state index contributed by atoms with van der Waals surface area (Å²) >= 11 is 0. The lowest BCUT2D eigenvalue weighted by molar-refractivity contribution is -0.155. The molecule has 0 saturated heterocycles. The molecule has 0 bridgehead atoms. The summed E-state index contributed by atoms with van der Waals surface area (Å²) in [7, 11) is 0. The van der Waals surface area contributed by atoms with Crippen LogP contribution in [0.15, 0.2) is 24.0 Å². The lowest BCUT2D eigenvalue weighted by Gasteiger charge is -2.08. The van der Waals surface area contributed by atoms with Crippen LogP contribution in [0.4, 0.5) is 0 Å². The van der Waals surface area contributed by atoms with Crippen LogP contribution in [-0.2, 0) is 23.9 Å². The number of esters is 2. The van der Waals surface area contributed by atoms with E-state index < -0.39 is 24.5 Å². The van der Waals surface area contributed by atoms with Crippen molar-refractivity contribution < 1.29 is 29.0 Å². The van der Waals surface area contributed by atoms with Crippen molar-refractivity contribution >= 4 is 17.9 Å². The SMILES string of the molecule is C=CCC(OC(=O)COC(C)=O)=C(C)C(=O)O. The molecule has 94 valence electrons. The van der Waals surface area contributed by atoms with Gasteiger partial charge in [0.25, 0.3) is 0 Å². The third-order valence-electron chi connectivity index (χ3n) is 1.70. The van der Waals surface area contributed by atoms with Crippen LogP contribution in [0.25, 0.3) is 0 Å². The molecular formula is C11H14O6. The Morgan fingerprint density at radius 1 is 1.29 bits per heavy atom. The lowest BCUT2D eigenvalue weighted by Crippen LogP contribution is -2.16. The smallest absolute Gasteiger partial charge is 0.349 e. The third-order valence-corrected chi connectivity index (χ3v) is 1.70. The average molecular weight is 242 g/mol. The summed E-state index contributed by atoms with van der Waals surface area (Å²) in [6.07, 6.45) is 1.50. The van der Waals surface area contributed by atoms with E-state index in [1.807, 2.05) is 0 Å². The number of carboxylic acid groups (broad SMARTS) is 1. The third kappa shape index (κ3) is 6.14. The van der Waals surface area contributed by atoms with Crippen LogP contribution in [0.3, 0.4) is 0 Å². The van der Waals surface area contributed by atoms with E-state index in [1.165, 1.54) is 13.0 Å². The summed E-state index contributed by atoms with van der Waals surface area (Å²) in [4.78, 5) is 32.3. The van der Waals surface area contributed by atoms with E-state index in [0.29, 0.717) is 0 Å². The molecule has 1 N–H and O–H groups in total. The lowest BCUT2D eigenvalue weighted by atomic mass is 10.2. The fraction of sp³-hybridized carbons (Fsp3) is 0.364. The van der Waals surface area contributed by atoms with Crippen LogP contribution in [0.2, 0.25) is 0 Å². The van der Waals surface area contributed by atoms with E-state index >= 15 is 0 Å². The molecule has 0 fully saturated rings. The van der Waals surface area contributed by atoms with E-state index in [4.69, 9.17) is 9.84 Å². The van der Waals surface area contributed by atoms with Crippen LogP contribution in [-0.4, -0.2) is 29.6 Å². The zero-order chi connectivity index (χ0) is 13.4. The molecule has 0 spiro atoms. The summed E-state index contributed by atoms with van der Waals surface area (Å²) < 4.78 is 9.19. The van der Waals surface area contributed by atoms with Gasteiger partial charge in [-0.1, -0.05) is 6.08 Å². The number of ether oxygens (including phenoxy) is 2. The Hall–Kier alpha value is -2.11. The topological polar surface area (TPSA) is 89.9 Å². The second kappa shape index (κ2) is 7.21. The van der Waals surface area contributed by atoms with E-state index in [-0.39, 0.29) is 17.8 Å². The van der Waals surface area contributed by atoms with Crippen LogP contribution >= 0.6 is 0 Å². The molecule has 0 amide bonds. The quantitative estimate of drug-likeness (QED) is 0.324. The van der Waals surface area contributed by atoms with Crippen molar-refractivity contribution in [3.8, 4) is 0 Å². The summed E-state index contributed by atoms with van der Waals surface area (Å²) in [6, 6.07) is 0. The minimum absolute atomic E-state index is 0.0235. The van der Waals surface area contributed by atoms with Gasteiger partial charge in [-0.2, -0.15) is 0 Å². The standard InChI is InChI=1S/C11H14O6/c1-4-5-9(7(2)11(14)15)17-10(13)6-16-8(3)12/h4H,1,5-6H2,2-3H3,(H,14,15). The van der Waals surface area contributed by atoms with Gasteiger partial charge in [-0.3, -0.25) is 4.79 Å². The zero-order valence-corrected chi connectivity index (χ0v) is 9.69. The molecule has 0 aliphatic carbocycles. The van der Waals surface area contributed by atoms with Gasteiger partial charge < -0.3 is 14.6 Å². The molecule has 0 saturated carbocycles. The predicted octanol–water partition coefficient (Wildman–Crippen LogP) is 1.03. The van der Waals surface area contributed by atoms with E-state index in [0.717, 1.165) is 6.92 Å². The number of aliphatic carboxylic acids is 1. The summed E-state index contributed by atoms with van der Waals surface area (Å²) in [5.74, 6) is -2.67. The van der Waals surface area contributed by atoms with E-state index in [2.05, 4.69) is 11.3 Å². The maximum Gasteiger partial charge on any atom is 0.349 e. The highest BCUT2D eigenvalue weighted by Gasteiger charge is 2.14. The van der Waals surface area contributed by atoms with Crippen molar-refractivity contribution in [2.24, 2.45) is 0 Å². The van der Waals surface area contributed by atoms with Crippen LogP contribution in [0.1, 0.15) is 20.3 Å². The Bertz CT molecular complexity index is 366. The van der Waals surface area contributed by atoms with Crippen molar-refractivity contribution in [1.29, 1.82) is 0 Å². The average Bonchev–Trinajstić information content (AvgIpc) is 2.24. The maximum absolute atomic E-state index is 11.2. The number of hydrogen-bond donors (Lipinski definition) is 1. The number of carbonyl (C=O) groups excluding carboxylic acids is 2. The van der Waals surface area contributed by atoms with Gasteiger partial charge >= 0.3 is 17.9 Å². The van der Waals surface area contributed by atoms with Gasteiger partial charge in [-0.15, -0.1) is 6.58 Å². The fourth-order valence-corrected chi connectivity index (χ4v) is 0.849. The normalized spacial score (nSPS) is 11.2. The molecule has 0 aromatic carbocycles. The van der Waals surface area contributed by atoms with Gasteiger partial charge in [0.1, 0.15) is 5.76 Å². The second-order valence-electron chi connectivity index (χ2n) is 3.10. The molecule has 0 radical (unpaired) electrons. The van der Waals surface area contributed by atoms with Gasteiger partial charge in [-0.25, -0.2) is 9.59 Å². The molecule has 0 aromatic heterocycles. The predicted molar refractivity (Wildman–Crippen MR) is 57.9 cm³/mol. The van der Waals surface area contributed by atoms with Gasteiger partial charge in [-0.05, 0) is 6.92 Å². The number of carbonyl (C=O) groups is 3. The Morgan fingerprint density at radius 2 is 1.88 bits per heavy atom. The minimum Gasteiger partial charge on any atom is -0.478 e. The Labute approximate surface area is 98.5 Å². The first-order valence-corrected chi connectivity index (χ1v) is 4.76. The molecule has 0 atom stereocenters. The molecule has 0 rings (SSSR count). The van der Waals surface area contributed by atoms with Crippen LogP contribution in [0, 0.1) is 0 Å². The molecule has 6 nitrogen and oxygen atoms in total. The van der Waals surface area contributed by atoms with E-state index in [9.17, 15) is 14.4 Å². The molecule has 0 aromatic rings. The fourth-order valence-electron chi connectivity index (χ4n) is 0.849. The number of hydrogen-bond acceptors (Lipinski definition) is 5. The number of carboxylic acids is 1. The number of allylic oxidation sites excluding steroid dienone is 1. The van der Waals surface area contributed by atoms with Crippen molar-refractivity contribution in [3.63, 3.8) is 0 Å². The molecule has 0 heterocycles. The Kier molecular flexibility index (Phi) is 6.32. The van der Waals surface area contributed by atoms with Gasteiger partial charge in [0.15, 0.2) is 6.61 Å². The molecule has 6 heteroatoms. The Morgan fingerprint density at radius 3 is 2.29 bits per heavy atom. The molecule has 0 aliphatic rings. The van der Waals surface area contributed by atoms with Gasteiger partial charge in [0, 0.05) is 13.3 Å².